The number of nitrogens with one attached hydrogen (secondary N) is 1. The molecule has 3 aromatic heterocycles. The summed E-state index contributed by atoms with van der Waals surface area (Å²) in [7, 11) is 0. The molecule has 0 saturated heterocycles. The van der Waals surface area contributed by atoms with Crippen molar-refractivity contribution in [3.63, 3.8) is 0 Å². The molecule has 0 aliphatic rings. The fraction of sp³-hybridized carbons (Fsp3) is 0.278. The number of aryl methyl sites for hydroxylation is 1. The Morgan fingerprint density at radius 3 is 2.79 bits per heavy atom. The van der Waals surface area contributed by atoms with Crippen LogP contribution in [0.2, 0.25) is 0 Å². The summed E-state index contributed by atoms with van der Waals surface area (Å²) < 4.78 is 0. The fourth-order valence-corrected chi connectivity index (χ4v) is 3.10. The first-order valence-corrected chi connectivity index (χ1v) is 8.81. The molecule has 0 bridgehead atoms. The minimum Gasteiger partial charge on any atom is -0.384 e. The topological polar surface area (TPSA) is 70.9 Å². The van der Waals surface area contributed by atoms with Crippen LogP contribution in [0.3, 0.4) is 0 Å². The van der Waals surface area contributed by atoms with Crippen LogP contribution in [0, 0.1) is 0 Å². The van der Waals surface area contributed by atoms with E-state index >= 15 is 0 Å². The Labute approximate surface area is 145 Å². The maximum Gasteiger partial charge on any atom is 0.180 e. The van der Waals surface area contributed by atoms with E-state index < -0.39 is 5.60 Å². The number of rotatable bonds is 6. The molecule has 1 unspecified atom stereocenters. The Kier molecular flexibility index (Phi) is 4.87. The van der Waals surface area contributed by atoms with Crippen LogP contribution in [-0.2, 0) is 12.0 Å². The van der Waals surface area contributed by atoms with Crippen LogP contribution >= 0.6 is 11.3 Å². The molecular formula is C18H20N4OS. The van der Waals surface area contributed by atoms with Crippen molar-refractivity contribution in [3.8, 4) is 11.5 Å². The van der Waals surface area contributed by atoms with Crippen molar-refractivity contribution >= 4 is 17.2 Å². The molecule has 3 rings (SSSR count). The zero-order valence-corrected chi connectivity index (χ0v) is 14.5. The average molecular weight is 340 g/mol. The van der Waals surface area contributed by atoms with Gasteiger partial charge in [0.05, 0.1) is 0 Å². The van der Waals surface area contributed by atoms with Crippen molar-refractivity contribution in [1.82, 2.24) is 15.0 Å². The lowest BCUT2D eigenvalue weighted by Crippen LogP contribution is -2.30. The summed E-state index contributed by atoms with van der Waals surface area (Å²) in [4.78, 5) is 13.4. The second-order valence-electron chi connectivity index (χ2n) is 5.78. The maximum atomic E-state index is 10.6. The lowest BCUT2D eigenvalue weighted by molar-refractivity contribution is 0.0719. The van der Waals surface area contributed by atoms with Crippen LogP contribution < -0.4 is 5.32 Å². The largest absolute Gasteiger partial charge is 0.384 e. The fourth-order valence-electron chi connectivity index (χ4n) is 2.31. The lowest BCUT2D eigenvalue weighted by atomic mass is 9.99. The second-order valence-corrected chi connectivity index (χ2v) is 6.56. The van der Waals surface area contributed by atoms with Crippen molar-refractivity contribution < 1.29 is 5.11 Å². The minimum atomic E-state index is -0.956. The first kappa shape index (κ1) is 16.5. The van der Waals surface area contributed by atoms with E-state index in [0.717, 1.165) is 23.4 Å². The molecule has 6 heteroatoms. The van der Waals surface area contributed by atoms with E-state index in [2.05, 4.69) is 27.2 Å². The smallest absolute Gasteiger partial charge is 0.180 e. The SMILES string of the molecule is CCc1cc(NCC(C)(O)c2ccsc2)nc(-c2ccccn2)n1. The number of anilines is 1. The van der Waals surface area contributed by atoms with Gasteiger partial charge in [-0.2, -0.15) is 11.3 Å². The summed E-state index contributed by atoms with van der Waals surface area (Å²) in [5, 5.41) is 17.8. The van der Waals surface area contributed by atoms with E-state index in [1.165, 1.54) is 0 Å². The van der Waals surface area contributed by atoms with Crippen LogP contribution in [0.25, 0.3) is 11.5 Å². The van der Waals surface area contributed by atoms with Crippen LogP contribution in [-0.4, -0.2) is 26.6 Å². The van der Waals surface area contributed by atoms with Crippen molar-refractivity contribution in [2.24, 2.45) is 0 Å². The number of aromatic nitrogens is 3. The van der Waals surface area contributed by atoms with Gasteiger partial charge in [0, 0.05) is 24.5 Å². The highest BCUT2D eigenvalue weighted by atomic mass is 32.1. The molecule has 0 spiro atoms. The minimum absolute atomic E-state index is 0.367. The Bertz CT molecular complexity index is 788. The zero-order chi connectivity index (χ0) is 17.0. The Balaban J connectivity index is 1.83. The molecule has 24 heavy (non-hydrogen) atoms. The molecule has 0 saturated carbocycles. The molecule has 0 fully saturated rings. The number of thiophene rings is 1. The standard InChI is InChI=1S/C18H20N4OS/c1-3-14-10-16(20-12-18(2,23)13-7-9-24-11-13)22-17(21-14)15-6-4-5-8-19-15/h4-11,23H,3,12H2,1-2H3,(H,20,21,22). The number of pyridine rings is 1. The van der Waals surface area contributed by atoms with E-state index in [9.17, 15) is 5.11 Å². The number of hydrogen-bond donors (Lipinski definition) is 2. The van der Waals surface area contributed by atoms with E-state index in [1.54, 1.807) is 24.5 Å². The lowest BCUT2D eigenvalue weighted by Gasteiger charge is -2.23. The molecule has 0 amide bonds. The van der Waals surface area contributed by atoms with Crippen molar-refractivity contribution in [3.05, 3.63) is 58.5 Å². The van der Waals surface area contributed by atoms with Gasteiger partial charge in [-0.05, 0) is 47.9 Å². The number of aliphatic hydroxyl groups is 1. The predicted molar refractivity (Wildman–Crippen MR) is 97.0 cm³/mol. The average Bonchev–Trinajstić information content (AvgIpc) is 3.16. The van der Waals surface area contributed by atoms with Gasteiger partial charge in [-0.15, -0.1) is 0 Å². The Hall–Kier alpha value is -2.31. The van der Waals surface area contributed by atoms with E-state index in [0.29, 0.717) is 18.2 Å². The highest BCUT2D eigenvalue weighted by Crippen LogP contribution is 2.24. The van der Waals surface area contributed by atoms with Gasteiger partial charge >= 0.3 is 0 Å². The molecule has 3 aromatic rings. The third-order valence-electron chi connectivity index (χ3n) is 3.79. The first-order valence-electron chi connectivity index (χ1n) is 7.87. The summed E-state index contributed by atoms with van der Waals surface area (Å²) in [6, 6.07) is 9.52. The van der Waals surface area contributed by atoms with Crippen LogP contribution in [0.5, 0.6) is 0 Å². The molecule has 0 aliphatic carbocycles. The monoisotopic (exact) mass is 340 g/mol. The highest BCUT2D eigenvalue weighted by molar-refractivity contribution is 7.08. The molecule has 2 N–H and O–H groups in total. The van der Waals surface area contributed by atoms with Crippen molar-refractivity contribution in [1.29, 1.82) is 0 Å². The molecule has 1 atom stereocenters. The van der Waals surface area contributed by atoms with Gasteiger partial charge < -0.3 is 10.4 Å². The van der Waals surface area contributed by atoms with Gasteiger partial charge in [0.1, 0.15) is 17.1 Å². The van der Waals surface area contributed by atoms with Crippen molar-refractivity contribution in [2.45, 2.75) is 25.9 Å². The molecular weight excluding hydrogens is 320 g/mol. The summed E-state index contributed by atoms with van der Waals surface area (Å²) in [5.41, 5.74) is 1.61. The third kappa shape index (κ3) is 3.77. The van der Waals surface area contributed by atoms with Gasteiger partial charge in [0.15, 0.2) is 5.82 Å². The normalized spacial score (nSPS) is 13.5. The van der Waals surface area contributed by atoms with E-state index in [1.807, 2.05) is 41.1 Å². The summed E-state index contributed by atoms with van der Waals surface area (Å²) >= 11 is 1.57. The summed E-state index contributed by atoms with van der Waals surface area (Å²) in [6.07, 6.45) is 2.53. The second kappa shape index (κ2) is 7.07. The number of hydrogen-bond acceptors (Lipinski definition) is 6. The van der Waals surface area contributed by atoms with Gasteiger partial charge in [0.2, 0.25) is 0 Å². The van der Waals surface area contributed by atoms with Gasteiger partial charge in [0.25, 0.3) is 0 Å². The summed E-state index contributed by atoms with van der Waals surface area (Å²) in [6.45, 7) is 4.21. The van der Waals surface area contributed by atoms with E-state index in [-0.39, 0.29) is 0 Å². The Morgan fingerprint density at radius 2 is 2.12 bits per heavy atom. The molecule has 124 valence electrons. The Morgan fingerprint density at radius 1 is 1.25 bits per heavy atom. The quantitative estimate of drug-likeness (QED) is 0.719. The van der Waals surface area contributed by atoms with Gasteiger partial charge in [-0.3, -0.25) is 4.98 Å². The zero-order valence-electron chi connectivity index (χ0n) is 13.7. The summed E-state index contributed by atoms with van der Waals surface area (Å²) in [5.74, 6) is 1.28. The predicted octanol–water partition coefficient (Wildman–Crippen LogP) is 3.48. The molecule has 0 radical (unpaired) electrons. The molecule has 0 aromatic carbocycles. The number of nitrogens with zero attached hydrogens (tertiary/aromatic N) is 3. The maximum absolute atomic E-state index is 10.6. The molecule has 5 nitrogen and oxygen atoms in total. The van der Waals surface area contributed by atoms with Gasteiger partial charge in [-0.1, -0.05) is 13.0 Å². The van der Waals surface area contributed by atoms with Gasteiger partial charge in [-0.25, -0.2) is 9.97 Å². The van der Waals surface area contributed by atoms with Crippen LogP contribution in [0.1, 0.15) is 25.1 Å². The van der Waals surface area contributed by atoms with E-state index in [4.69, 9.17) is 0 Å². The van der Waals surface area contributed by atoms with Crippen LogP contribution in [0.4, 0.5) is 5.82 Å². The highest BCUT2D eigenvalue weighted by Gasteiger charge is 2.23. The first-order chi connectivity index (χ1) is 11.6. The van der Waals surface area contributed by atoms with Crippen LogP contribution in [0.15, 0.2) is 47.3 Å². The third-order valence-corrected chi connectivity index (χ3v) is 4.48. The molecule has 0 aliphatic heterocycles. The van der Waals surface area contributed by atoms with Crippen molar-refractivity contribution in [2.75, 3.05) is 11.9 Å². The molecule has 3 heterocycles.